The highest BCUT2D eigenvalue weighted by Gasteiger charge is 2.44. The predicted molar refractivity (Wildman–Crippen MR) is 99.7 cm³/mol. The Hall–Kier alpha value is -1.44. The second kappa shape index (κ2) is 8.78. The highest BCUT2D eigenvalue weighted by Crippen LogP contribution is 2.36. The second-order valence-electron chi connectivity index (χ2n) is 6.50. The minimum absolute atomic E-state index is 0.00994. The summed E-state index contributed by atoms with van der Waals surface area (Å²) >= 11 is 0. The van der Waals surface area contributed by atoms with Crippen LogP contribution in [0.5, 0.6) is 0 Å². The molecule has 0 bridgehead atoms. The van der Waals surface area contributed by atoms with Crippen LogP contribution in [0.2, 0.25) is 0 Å². The molecule has 1 fully saturated rings. The summed E-state index contributed by atoms with van der Waals surface area (Å²) in [7, 11) is -3.22. The number of hydrogen-bond donors (Lipinski definition) is 2. The highest BCUT2D eigenvalue weighted by molar-refractivity contribution is 7.89. The van der Waals surface area contributed by atoms with E-state index in [0.717, 1.165) is 18.4 Å². The second-order valence-corrected chi connectivity index (χ2v) is 8.76. The van der Waals surface area contributed by atoms with E-state index in [9.17, 15) is 13.2 Å². The third kappa shape index (κ3) is 4.59. The van der Waals surface area contributed by atoms with Gasteiger partial charge >= 0.3 is 0 Å². The molecule has 7 heteroatoms. The number of nitrogens with one attached hydrogen (secondary N) is 1. The Kier molecular flexibility index (Phi) is 6.98. The molecular formula is C18H29N3O3S. The molecule has 140 valence electrons. The first kappa shape index (κ1) is 19.9. The van der Waals surface area contributed by atoms with Crippen LogP contribution in [0.4, 0.5) is 0 Å². The average molecular weight is 368 g/mol. The topological polar surface area (TPSA) is 92.5 Å². The van der Waals surface area contributed by atoms with Gasteiger partial charge in [-0.2, -0.15) is 0 Å². The van der Waals surface area contributed by atoms with Gasteiger partial charge in [-0.25, -0.2) is 12.7 Å². The fourth-order valence-electron chi connectivity index (χ4n) is 3.37. The lowest BCUT2D eigenvalue weighted by Crippen LogP contribution is -2.53. The number of carbonyl (C=O) groups excluding carboxylic acids is 1. The minimum Gasteiger partial charge on any atom is -0.355 e. The van der Waals surface area contributed by atoms with E-state index in [1.807, 2.05) is 30.3 Å². The first-order valence-electron chi connectivity index (χ1n) is 8.98. The van der Waals surface area contributed by atoms with Gasteiger partial charge in [-0.15, -0.1) is 0 Å². The molecule has 1 aromatic carbocycles. The Balaban J connectivity index is 2.17. The number of rotatable bonds is 8. The van der Waals surface area contributed by atoms with Gasteiger partial charge in [-0.05, 0) is 44.7 Å². The van der Waals surface area contributed by atoms with Crippen molar-refractivity contribution in [1.82, 2.24) is 9.62 Å². The minimum atomic E-state index is -3.22. The zero-order valence-electron chi connectivity index (χ0n) is 14.9. The average Bonchev–Trinajstić information content (AvgIpc) is 2.65. The molecule has 0 saturated carbocycles. The van der Waals surface area contributed by atoms with Crippen LogP contribution in [-0.4, -0.2) is 50.6 Å². The monoisotopic (exact) mass is 367 g/mol. The molecule has 0 unspecified atom stereocenters. The molecule has 0 aliphatic carbocycles. The van der Waals surface area contributed by atoms with Crippen LogP contribution in [0.15, 0.2) is 30.3 Å². The van der Waals surface area contributed by atoms with E-state index < -0.39 is 15.4 Å². The molecule has 0 atom stereocenters. The summed E-state index contributed by atoms with van der Waals surface area (Å²) in [6.45, 7) is 3.62. The third-order valence-corrected chi connectivity index (χ3v) is 6.89. The van der Waals surface area contributed by atoms with Gasteiger partial charge in [-0.3, -0.25) is 4.79 Å². The van der Waals surface area contributed by atoms with Crippen molar-refractivity contribution in [3.8, 4) is 0 Å². The number of sulfonamides is 1. The van der Waals surface area contributed by atoms with Gasteiger partial charge in [0.25, 0.3) is 0 Å². The molecule has 1 aliphatic heterocycles. The van der Waals surface area contributed by atoms with Crippen LogP contribution in [0.1, 0.15) is 38.2 Å². The fraction of sp³-hybridized carbons (Fsp3) is 0.611. The van der Waals surface area contributed by atoms with Crippen molar-refractivity contribution < 1.29 is 13.2 Å². The maximum Gasteiger partial charge on any atom is 0.230 e. The van der Waals surface area contributed by atoms with Crippen molar-refractivity contribution in [3.05, 3.63) is 35.9 Å². The summed E-state index contributed by atoms with van der Waals surface area (Å²) < 4.78 is 25.8. The number of nitrogens with two attached hydrogens (primary N) is 1. The molecule has 0 radical (unpaired) electrons. The molecule has 2 rings (SSSR count). The van der Waals surface area contributed by atoms with Crippen LogP contribution in [0.3, 0.4) is 0 Å². The van der Waals surface area contributed by atoms with E-state index in [1.54, 1.807) is 6.92 Å². The van der Waals surface area contributed by atoms with Gasteiger partial charge in [-0.1, -0.05) is 30.3 Å². The molecule has 3 N–H and O–H groups in total. The Morgan fingerprint density at radius 1 is 1.20 bits per heavy atom. The van der Waals surface area contributed by atoms with Crippen molar-refractivity contribution >= 4 is 15.9 Å². The Morgan fingerprint density at radius 3 is 2.40 bits per heavy atom. The van der Waals surface area contributed by atoms with Gasteiger partial charge in [0.2, 0.25) is 15.9 Å². The van der Waals surface area contributed by atoms with Crippen LogP contribution in [0.25, 0.3) is 0 Å². The maximum atomic E-state index is 13.0. The SMILES string of the molecule is CCS(=O)(=O)N1CCC(C(=O)NCCCCN)(c2ccccc2)CC1. The maximum absolute atomic E-state index is 13.0. The van der Waals surface area contributed by atoms with Crippen LogP contribution in [0, 0.1) is 0 Å². The molecular weight excluding hydrogens is 338 g/mol. The fourth-order valence-corrected chi connectivity index (χ4v) is 4.48. The number of amides is 1. The van der Waals surface area contributed by atoms with Crippen LogP contribution in [-0.2, 0) is 20.2 Å². The van der Waals surface area contributed by atoms with Crippen molar-refractivity contribution in [2.24, 2.45) is 5.73 Å². The number of nitrogens with zero attached hydrogens (tertiary/aromatic N) is 1. The highest BCUT2D eigenvalue weighted by atomic mass is 32.2. The van der Waals surface area contributed by atoms with Gasteiger partial charge in [0.15, 0.2) is 0 Å². The van der Waals surface area contributed by atoms with Crippen LogP contribution >= 0.6 is 0 Å². The Bertz CT molecular complexity index is 653. The van der Waals surface area contributed by atoms with Gasteiger partial charge < -0.3 is 11.1 Å². The molecule has 1 heterocycles. The third-order valence-electron chi connectivity index (χ3n) is 5.01. The summed E-state index contributed by atoms with van der Waals surface area (Å²) in [6.07, 6.45) is 2.72. The zero-order chi connectivity index (χ0) is 18.3. The summed E-state index contributed by atoms with van der Waals surface area (Å²) in [5.41, 5.74) is 5.79. The van der Waals surface area contributed by atoms with Crippen molar-refractivity contribution in [2.75, 3.05) is 31.9 Å². The summed E-state index contributed by atoms with van der Waals surface area (Å²) in [5, 5.41) is 3.03. The van der Waals surface area contributed by atoms with Gasteiger partial charge in [0.05, 0.1) is 11.2 Å². The molecule has 1 aromatic rings. The van der Waals surface area contributed by atoms with E-state index in [4.69, 9.17) is 5.73 Å². The zero-order valence-corrected chi connectivity index (χ0v) is 15.7. The van der Waals surface area contributed by atoms with Gasteiger partial charge in [0.1, 0.15) is 0 Å². The molecule has 6 nitrogen and oxygen atoms in total. The first-order chi connectivity index (χ1) is 12.0. The lowest BCUT2D eigenvalue weighted by atomic mass is 9.72. The largest absolute Gasteiger partial charge is 0.355 e. The van der Waals surface area contributed by atoms with E-state index in [0.29, 0.717) is 39.0 Å². The number of hydrogen-bond acceptors (Lipinski definition) is 4. The van der Waals surface area contributed by atoms with Crippen LogP contribution < -0.4 is 11.1 Å². The Labute approximate surface area is 150 Å². The number of benzene rings is 1. The van der Waals surface area contributed by atoms with Crippen molar-refractivity contribution in [2.45, 2.75) is 38.0 Å². The normalized spacial score (nSPS) is 18.0. The Morgan fingerprint density at radius 2 is 1.84 bits per heavy atom. The van der Waals surface area contributed by atoms with Crippen molar-refractivity contribution in [3.63, 3.8) is 0 Å². The molecule has 1 amide bonds. The lowest BCUT2D eigenvalue weighted by Gasteiger charge is -2.40. The van der Waals surface area contributed by atoms with E-state index in [1.165, 1.54) is 4.31 Å². The van der Waals surface area contributed by atoms with Gasteiger partial charge in [0, 0.05) is 19.6 Å². The summed E-state index contributed by atoms with van der Waals surface area (Å²) in [5.74, 6) is 0.0839. The molecule has 0 aromatic heterocycles. The quantitative estimate of drug-likeness (QED) is 0.676. The predicted octanol–water partition coefficient (Wildman–Crippen LogP) is 1.23. The number of carbonyl (C=O) groups is 1. The molecule has 25 heavy (non-hydrogen) atoms. The smallest absolute Gasteiger partial charge is 0.230 e. The molecule has 0 spiro atoms. The van der Waals surface area contributed by atoms with E-state index in [2.05, 4.69) is 5.32 Å². The molecule has 1 aliphatic rings. The molecule has 1 saturated heterocycles. The number of piperidine rings is 1. The number of unbranched alkanes of at least 4 members (excludes halogenated alkanes) is 1. The van der Waals surface area contributed by atoms with E-state index in [-0.39, 0.29) is 11.7 Å². The van der Waals surface area contributed by atoms with Crippen molar-refractivity contribution in [1.29, 1.82) is 0 Å². The van der Waals surface area contributed by atoms with E-state index >= 15 is 0 Å². The first-order valence-corrected chi connectivity index (χ1v) is 10.6. The summed E-state index contributed by atoms with van der Waals surface area (Å²) in [6, 6.07) is 9.70. The summed E-state index contributed by atoms with van der Waals surface area (Å²) in [4.78, 5) is 13.0. The standard InChI is InChI=1S/C18H29N3O3S/c1-2-25(23,24)21-14-10-18(11-15-21,16-8-4-3-5-9-16)17(22)20-13-7-6-12-19/h3-5,8-9H,2,6-7,10-15,19H2,1H3,(H,20,22). The lowest BCUT2D eigenvalue weighted by molar-refractivity contribution is -0.128.